The van der Waals surface area contributed by atoms with E-state index in [2.05, 4.69) is 21.9 Å². The zero-order valence-corrected chi connectivity index (χ0v) is 17.4. The molecule has 5 nitrogen and oxygen atoms in total. The molecular weight excluding hydrogens is 393 g/mol. The third-order valence-electron chi connectivity index (χ3n) is 6.19. The zero-order valence-electron chi connectivity index (χ0n) is 17.4. The molecule has 3 heterocycles. The molecule has 3 aromatic rings. The molecule has 1 fully saturated rings. The highest BCUT2D eigenvalue weighted by atomic mass is 19.1. The highest BCUT2D eigenvalue weighted by Gasteiger charge is 2.34. The first kappa shape index (κ1) is 19.8. The van der Waals surface area contributed by atoms with Crippen molar-refractivity contribution in [3.63, 3.8) is 0 Å². The number of aromatic nitrogens is 1. The van der Waals surface area contributed by atoms with Crippen molar-refractivity contribution in [1.82, 2.24) is 9.47 Å². The van der Waals surface area contributed by atoms with E-state index >= 15 is 0 Å². The Labute approximate surface area is 181 Å². The van der Waals surface area contributed by atoms with Crippen LogP contribution in [0.5, 0.6) is 5.75 Å². The van der Waals surface area contributed by atoms with Crippen molar-refractivity contribution in [2.45, 2.75) is 19.1 Å². The smallest absolute Gasteiger partial charge is 0.258 e. The van der Waals surface area contributed by atoms with E-state index in [9.17, 15) is 9.18 Å². The van der Waals surface area contributed by atoms with Crippen molar-refractivity contribution in [1.29, 1.82) is 0 Å². The number of rotatable bonds is 7. The number of alkyl halides is 1. The van der Waals surface area contributed by atoms with Crippen LogP contribution < -0.4 is 15.2 Å². The Morgan fingerprint density at radius 2 is 1.87 bits per heavy atom. The summed E-state index contributed by atoms with van der Waals surface area (Å²) >= 11 is 0. The largest absolute Gasteiger partial charge is 0.489 e. The molecule has 6 heteroatoms. The molecule has 160 valence electrons. The minimum absolute atomic E-state index is 0.110. The molecule has 1 saturated heterocycles. The number of pyridine rings is 1. The van der Waals surface area contributed by atoms with E-state index in [1.165, 1.54) is 17.3 Å². The van der Waals surface area contributed by atoms with Gasteiger partial charge in [0.05, 0.1) is 6.04 Å². The van der Waals surface area contributed by atoms with Crippen molar-refractivity contribution in [2.24, 2.45) is 0 Å². The van der Waals surface area contributed by atoms with Gasteiger partial charge in [-0.15, -0.1) is 0 Å². The summed E-state index contributed by atoms with van der Waals surface area (Å²) in [7, 11) is 0. The van der Waals surface area contributed by atoms with Crippen molar-refractivity contribution < 1.29 is 9.13 Å². The second-order valence-corrected chi connectivity index (χ2v) is 8.20. The SMILES string of the molecule is O=c1cc(OCc2ccccc2)ccn1-c1ccc2c(c1)CCN2C1CN(CCF)C1. The normalized spacial score (nSPS) is 16.2. The maximum Gasteiger partial charge on any atom is 0.258 e. The number of hydrogen-bond donors (Lipinski definition) is 0. The second-order valence-electron chi connectivity index (χ2n) is 8.20. The molecular formula is C25H26FN3O2. The van der Waals surface area contributed by atoms with Gasteiger partial charge in [0.25, 0.3) is 5.56 Å². The molecule has 1 aromatic heterocycles. The van der Waals surface area contributed by atoms with Gasteiger partial charge in [0, 0.05) is 49.8 Å². The van der Waals surface area contributed by atoms with E-state index < -0.39 is 0 Å². The molecule has 2 aliphatic heterocycles. The van der Waals surface area contributed by atoms with Gasteiger partial charge in [0.1, 0.15) is 19.0 Å². The molecule has 5 rings (SSSR count). The van der Waals surface area contributed by atoms with Gasteiger partial charge >= 0.3 is 0 Å². The Hall–Kier alpha value is -3.12. The standard InChI is InChI=1S/C25H26FN3O2/c26-10-13-27-16-22(17-27)28-11-8-20-14-21(6-7-24(20)28)29-12-9-23(15-25(29)30)31-18-19-4-2-1-3-5-19/h1-7,9,12,14-15,22H,8,10-11,13,16-18H2. The lowest BCUT2D eigenvalue weighted by Crippen LogP contribution is -2.59. The lowest BCUT2D eigenvalue weighted by molar-refractivity contribution is 0.135. The van der Waals surface area contributed by atoms with Crippen molar-refractivity contribution in [3.8, 4) is 11.4 Å². The highest BCUT2D eigenvalue weighted by molar-refractivity contribution is 5.62. The van der Waals surface area contributed by atoms with E-state index in [1.54, 1.807) is 10.8 Å². The van der Waals surface area contributed by atoms with E-state index in [0.717, 1.165) is 37.3 Å². The molecule has 0 saturated carbocycles. The van der Waals surface area contributed by atoms with Crippen LogP contribution in [0, 0.1) is 0 Å². The first-order valence-corrected chi connectivity index (χ1v) is 10.8. The molecule has 0 radical (unpaired) electrons. The number of anilines is 1. The highest BCUT2D eigenvalue weighted by Crippen LogP contribution is 2.33. The number of ether oxygens (including phenoxy) is 1. The lowest BCUT2D eigenvalue weighted by atomic mass is 10.1. The minimum atomic E-state index is -0.280. The van der Waals surface area contributed by atoms with Gasteiger partial charge in [-0.05, 0) is 41.8 Å². The molecule has 0 amide bonds. The maximum atomic E-state index is 12.7. The molecule has 0 aliphatic carbocycles. The molecule has 2 aromatic carbocycles. The summed E-state index contributed by atoms with van der Waals surface area (Å²) in [5, 5.41) is 0. The van der Waals surface area contributed by atoms with Crippen LogP contribution >= 0.6 is 0 Å². The van der Waals surface area contributed by atoms with Crippen LogP contribution in [0.3, 0.4) is 0 Å². The summed E-state index contributed by atoms with van der Waals surface area (Å²) in [6.07, 6.45) is 2.74. The Kier molecular flexibility index (Phi) is 5.47. The van der Waals surface area contributed by atoms with Gasteiger partial charge in [-0.2, -0.15) is 0 Å². The van der Waals surface area contributed by atoms with Crippen LogP contribution in [-0.4, -0.2) is 48.4 Å². The van der Waals surface area contributed by atoms with Gasteiger partial charge in [-0.1, -0.05) is 30.3 Å². The maximum absolute atomic E-state index is 12.7. The number of likely N-dealkylation sites (tertiary alicyclic amines) is 1. The Balaban J connectivity index is 1.28. The summed E-state index contributed by atoms with van der Waals surface area (Å²) in [6.45, 7) is 3.52. The van der Waals surface area contributed by atoms with Gasteiger partial charge in [-0.25, -0.2) is 4.39 Å². The third-order valence-corrected chi connectivity index (χ3v) is 6.19. The van der Waals surface area contributed by atoms with E-state index in [1.807, 2.05) is 42.5 Å². The molecule has 0 atom stereocenters. The number of hydrogen-bond acceptors (Lipinski definition) is 4. The first-order chi connectivity index (χ1) is 15.2. The summed E-state index contributed by atoms with van der Waals surface area (Å²) in [4.78, 5) is 17.3. The fourth-order valence-corrected chi connectivity index (χ4v) is 4.49. The Morgan fingerprint density at radius 1 is 1.03 bits per heavy atom. The third kappa shape index (κ3) is 4.08. The van der Waals surface area contributed by atoms with Gasteiger partial charge in [-0.3, -0.25) is 14.3 Å². The average Bonchev–Trinajstić information content (AvgIpc) is 3.18. The Bertz CT molecular complexity index is 1110. The van der Waals surface area contributed by atoms with Crippen LogP contribution in [0.2, 0.25) is 0 Å². The van der Waals surface area contributed by atoms with Gasteiger partial charge < -0.3 is 9.64 Å². The van der Waals surface area contributed by atoms with Gasteiger partial charge in [0.2, 0.25) is 0 Å². The quantitative estimate of drug-likeness (QED) is 0.588. The molecule has 0 bridgehead atoms. The molecule has 2 aliphatic rings. The van der Waals surface area contributed by atoms with Crippen LogP contribution in [0.1, 0.15) is 11.1 Å². The summed E-state index contributed by atoms with van der Waals surface area (Å²) in [5.74, 6) is 0.570. The number of benzene rings is 2. The monoisotopic (exact) mass is 419 g/mol. The molecule has 0 spiro atoms. The van der Waals surface area contributed by atoms with Gasteiger partial charge in [0.15, 0.2) is 0 Å². The van der Waals surface area contributed by atoms with Crippen molar-refractivity contribution >= 4 is 5.69 Å². The summed E-state index contributed by atoms with van der Waals surface area (Å²) < 4.78 is 19.9. The van der Waals surface area contributed by atoms with Crippen LogP contribution in [0.25, 0.3) is 5.69 Å². The number of fused-ring (bicyclic) bond motifs is 1. The van der Waals surface area contributed by atoms with E-state index in [-0.39, 0.29) is 12.2 Å². The average molecular weight is 420 g/mol. The summed E-state index contributed by atoms with van der Waals surface area (Å²) in [6, 6.07) is 20.0. The molecule has 0 N–H and O–H groups in total. The predicted molar refractivity (Wildman–Crippen MR) is 120 cm³/mol. The van der Waals surface area contributed by atoms with E-state index in [0.29, 0.717) is 24.9 Å². The van der Waals surface area contributed by atoms with E-state index in [4.69, 9.17) is 4.74 Å². The number of nitrogens with zero attached hydrogens (tertiary/aromatic N) is 3. The number of halogens is 1. The Morgan fingerprint density at radius 3 is 2.65 bits per heavy atom. The van der Waals surface area contributed by atoms with Crippen LogP contribution in [0.4, 0.5) is 10.1 Å². The summed E-state index contributed by atoms with van der Waals surface area (Å²) in [5.41, 5.74) is 4.32. The van der Waals surface area contributed by atoms with Crippen molar-refractivity contribution in [2.75, 3.05) is 37.8 Å². The van der Waals surface area contributed by atoms with Crippen molar-refractivity contribution in [3.05, 3.63) is 88.3 Å². The lowest BCUT2D eigenvalue weighted by Gasteiger charge is -2.44. The molecule has 31 heavy (non-hydrogen) atoms. The topological polar surface area (TPSA) is 37.7 Å². The second kappa shape index (κ2) is 8.55. The fourth-order valence-electron chi connectivity index (χ4n) is 4.49. The fraction of sp³-hybridized carbons (Fsp3) is 0.320. The zero-order chi connectivity index (χ0) is 21.2. The van der Waals surface area contributed by atoms with Crippen LogP contribution in [0.15, 0.2) is 71.7 Å². The first-order valence-electron chi connectivity index (χ1n) is 10.8. The minimum Gasteiger partial charge on any atom is -0.489 e. The van der Waals surface area contributed by atoms with Crippen LogP contribution in [-0.2, 0) is 13.0 Å². The molecule has 0 unspecified atom stereocenters. The predicted octanol–water partition coefficient (Wildman–Crippen LogP) is 3.43.